The average Bonchev–Trinajstić information content (AvgIpc) is 3.25. The molecule has 0 spiro atoms. The Hall–Kier alpha value is -6.38. The minimum absolute atomic E-state index is 0.0401. The summed E-state index contributed by atoms with van der Waals surface area (Å²) in [6.07, 6.45) is -0.0591. The Bertz CT molecular complexity index is 2010. The van der Waals surface area contributed by atoms with Crippen LogP contribution in [-0.2, 0) is 60.8 Å². The van der Waals surface area contributed by atoms with Gasteiger partial charge in [0.25, 0.3) is 0 Å². The van der Waals surface area contributed by atoms with Gasteiger partial charge in [-0.15, -0.1) is 0 Å². The molecule has 8 amide bonds. The summed E-state index contributed by atoms with van der Waals surface area (Å²) in [5, 5.41) is 18.0. The zero-order valence-electron chi connectivity index (χ0n) is 41.2. The van der Waals surface area contributed by atoms with Gasteiger partial charge < -0.3 is 57.2 Å². The third kappa shape index (κ3) is 25.5. The van der Waals surface area contributed by atoms with Crippen molar-refractivity contribution in [3.8, 4) is 0 Å². The van der Waals surface area contributed by atoms with Gasteiger partial charge in [0.05, 0.1) is 13.0 Å². The van der Waals surface area contributed by atoms with Gasteiger partial charge in [-0.25, -0.2) is 9.59 Å². The highest BCUT2D eigenvalue weighted by Crippen LogP contribution is 2.12. The number of hydrogen-bond donors (Lipinski definition) is 8. The van der Waals surface area contributed by atoms with Crippen LogP contribution in [0, 0.1) is 5.92 Å². The SMILES string of the molecule is CSCC[C@H](NC(=O)[C@H](CC(C)C)NC(=O)CNC(=O)[C@H](Cc1ccccc1)NC(=O)[C@H](CC(=O)OCc1ccccc1)NC(=O)[C@H](CCCNC(=O)OC(C)(C)C)NC(=O)OC(C)(C)C)C(N)=O. The van der Waals surface area contributed by atoms with Crippen LogP contribution in [0.1, 0.15) is 98.6 Å². The highest BCUT2D eigenvalue weighted by molar-refractivity contribution is 7.98. The first-order valence-corrected chi connectivity index (χ1v) is 24.2. The van der Waals surface area contributed by atoms with E-state index < -0.39 is 108 Å². The molecule has 0 radical (unpaired) electrons. The Balaban J connectivity index is 2.40. The number of nitrogens with two attached hydrogens (primary N) is 1. The number of benzene rings is 2. The van der Waals surface area contributed by atoms with Crippen LogP contribution in [-0.4, -0.2) is 120 Å². The van der Waals surface area contributed by atoms with E-state index in [-0.39, 0.29) is 51.2 Å². The van der Waals surface area contributed by atoms with Gasteiger partial charge in [-0.3, -0.25) is 33.6 Å². The van der Waals surface area contributed by atoms with E-state index in [0.717, 1.165) is 0 Å². The van der Waals surface area contributed by atoms with E-state index in [2.05, 4.69) is 37.2 Å². The Morgan fingerprint density at radius 2 is 1.14 bits per heavy atom. The molecule has 0 heterocycles. The average molecular weight is 985 g/mol. The molecule has 2 aromatic rings. The lowest BCUT2D eigenvalue weighted by molar-refractivity contribution is -0.147. The Kier molecular flexibility index (Phi) is 25.1. The summed E-state index contributed by atoms with van der Waals surface area (Å²) in [5.41, 5.74) is 5.06. The molecule has 0 aliphatic rings. The van der Waals surface area contributed by atoms with Crippen molar-refractivity contribution < 1.29 is 57.4 Å². The number of esters is 1. The molecule has 0 aromatic heterocycles. The zero-order valence-corrected chi connectivity index (χ0v) is 42.0. The van der Waals surface area contributed by atoms with Crippen LogP contribution in [0.15, 0.2) is 60.7 Å². The van der Waals surface area contributed by atoms with E-state index in [0.29, 0.717) is 16.9 Å². The predicted octanol–water partition coefficient (Wildman–Crippen LogP) is 2.90. The van der Waals surface area contributed by atoms with Crippen molar-refractivity contribution in [3.63, 3.8) is 0 Å². The molecule has 0 fully saturated rings. The standard InChI is InChI=1S/C48H72N8O12S/c1-30(2)25-35(43(62)53-33(40(49)59)22-24-69-9)52-38(57)28-51-41(60)36(26-31-17-12-10-13-18-31)54-44(63)37(27-39(58)66-29-32-19-14-11-15-20-32)55-42(61)34(56-46(65)68-48(6,7)8)21-16-23-50-45(64)67-47(3,4)5/h10-15,17-20,30,33-37H,16,21-29H2,1-9H3,(H2,49,59)(H,50,64)(H,51,60)(H,52,57)(H,53,62)(H,54,63)(H,55,61)(H,56,65)/t33-,34-,35-,36-,37-/m0/s1. The van der Waals surface area contributed by atoms with Gasteiger partial charge in [0.15, 0.2) is 0 Å². The molecule has 21 heteroatoms. The van der Waals surface area contributed by atoms with Crippen molar-refractivity contribution in [2.45, 2.75) is 142 Å². The Labute approximate surface area is 409 Å². The molecule has 2 rings (SSSR count). The monoisotopic (exact) mass is 984 g/mol. The summed E-state index contributed by atoms with van der Waals surface area (Å²) in [7, 11) is 0. The first kappa shape index (κ1) is 58.7. The van der Waals surface area contributed by atoms with Crippen molar-refractivity contribution in [1.29, 1.82) is 0 Å². The second-order valence-electron chi connectivity index (χ2n) is 18.6. The second-order valence-corrected chi connectivity index (χ2v) is 19.6. The van der Waals surface area contributed by atoms with E-state index in [1.807, 2.05) is 20.1 Å². The van der Waals surface area contributed by atoms with Gasteiger partial charge in [-0.2, -0.15) is 11.8 Å². The van der Waals surface area contributed by atoms with E-state index >= 15 is 0 Å². The molecule has 0 unspecified atom stereocenters. The first-order valence-electron chi connectivity index (χ1n) is 22.8. The summed E-state index contributed by atoms with van der Waals surface area (Å²) < 4.78 is 16.1. The lowest BCUT2D eigenvalue weighted by Crippen LogP contribution is -2.58. The maximum Gasteiger partial charge on any atom is 0.408 e. The highest BCUT2D eigenvalue weighted by atomic mass is 32.2. The number of amides is 8. The fourth-order valence-electron chi connectivity index (χ4n) is 6.34. The summed E-state index contributed by atoms with van der Waals surface area (Å²) in [5.74, 6) is -5.20. The highest BCUT2D eigenvalue weighted by Gasteiger charge is 2.33. The molecular weight excluding hydrogens is 913 g/mol. The number of rotatable bonds is 27. The summed E-state index contributed by atoms with van der Waals surface area (Å²) in [6, 6.07) is 10.9. The summed E-state index contributed by atoms with van der Waals surface area (Å²) in [6.45, 7) is 12.9. The normalized spacial score (nSPS) is 13.5. The summed E-state index contributed by atoms with van der Waals surface area (Å²) >= 11 is 1.47. The molecule has 9 N–H and O–H groups in total. The van der Waals surface area contributed by atoms with Crippen LogP contribution in [0.4, 0.5) is 9.59 Å². The lowest BCUT2D eigenvalue weighted by Gasteiger charge is -2.26. The van der Waals surface area contributed by atoms with Crippen LogP contribution in [0.5, 0.6) is 0 Å². The molecule has 382 valence electrons. The molecule has 0 saturated heterocycles. The number of thioether (sulfide) groups is 1. The van der Waals surface area contributed by atoms with Crippen molar-refractivity contribution >= 4 is 65.4 Å². The minimum atomic E-state index is -1.67. The van der Waals surface area contributed by atoms with Crippen LogP contribution in [0.2, 0.25) is 0 Å². The van der Waals surface area contributed by atoms with Gasteiger partial charge >= 0.3 is 18.2 Å². The topological polar surface area (TPSA) is 292 Å². The molecule has 20 nitrogen and oxygen atoms in total. The van der Waals surface area contributed by atoms with Gasteiger partial charge in [-0.1, -0.05) is 74.5 Å². The van der Waals surface area contributed by atoms with Crippen molar-refractivity contribution in [3.05, 3.63) is 71.8 Å². The number of alkyl carbamates (subject to hydrolysis) is 2. The molecule has 2 aromatic carbocycles. The lowest BCUT2D eigenvalue weighted by atomic mass is 10.0. The number of carbonyl (C=O) groups excluding carboxylic acids is 9. The molecule has 0 saturated carbocycles. The van der Waals surface area contributed by atoms with Crippen LogP contribution in [0.3, 0.4) is 0 Å². The molecular formula is C48H72N8O12S. The van der Waals surface area contributed by atoms with Gasteiger partial charge in [0, 0.05) is 13.0 Å². The smallest absolute Gasteiger partial charge is 0.408 e. The Morgan fingerprint density at radius 1 is 0.609 bits per heavy atom. The van der Waals surface area contributed by atoms with Crippen molar-refractivity contribution in [2.24, 2.45) is 11.7 Å². The number of nitrogens with one attached hydrogen (secondary N) is 7. The van der Waals surface area contributed by atoms with Gasteiger partial charge in [0.1, 0.15) is 48.0 Å². The minimum Gasteiger partial charge on any atom is -0.461 e. The van der Waals surface area contributed by atoms with Crippen LogP contribution >= 0.6 is 11.8 Å². The molecule has 0 aliphatic heterocycles. The third-order valence-electron chi connectivity index (χ3n) is 9.56. The number of ether oxygens (including phenoxy) is 3. The number of hydrogen-bond acceptors (Lipinski definition) is 13. The van der Waals surface area contributed by atoms with Crippen molar-refractivity contribution in [1.82, 2.24) is 37.2 Å². The molecule has 0 bridgehead atoms. The number of primary amides is 1. The van der Waals surface area contributed by atoms with E-state index in [9.17, 15) is 43.2 Å². The first-order chi connectivity index (χ1) is 32.3. The molecule has 5 atom stereocenters. The van der Waals surface area contributed by atoms with Gasteiger partial charge in [-0.05, 0) is 96.3 Å². The van der Waals surface area contributed by atoms with Crippen molar-refractivity contribution in [2.75, 3.05) is 25.1 Å². The maximum absolute atomic E-state index is 14.3. The van der Waals surface area contributed by atoms with E-state index in [1.165, 1.54) is 11.8 Å². The predicted molar refractivity (Wildman–Crippen MR) is 260 cm³/mol. The number of carbonyl (C=O) groups is 9. The largest absolute Gasteiger partial charge is 0.461 e. The third-order valence-corrected chi connectivity index (χ3v) is 10.2. The van der Waals surface area contributed by atoms with Crippen LogP contribution in [0.25, 0.3) is 0 Å². The maximum atomic E-state index is 14.3. The zero-order chi connectivity index (χ0) is 51.7. The fraction of sp³-hybridized carbons (Fsp3) is 0.562. The van der Waals surface area contributed by atoms with Crippen LogP contribution < -0.4 is 43.0 Å². The molecule has 0 aliphatic carbocycles. The molecule has 69 heavy (non-hydrogen) atoms. The van der Waals surface area contributed by atoms with Gasteiger partial charge in [0.2, 0.25) is 35.4 Å². The second kappa shape index (κ2) is 29.5. The Morgan fingerprint density at radius 3 is 1.71 bits per heavy atom. The van der Waals surface area contributed by atoms with E-state index in [4.69, 9.17) is 19.9 Å². The quantitative estimate of drug-likeness (QED) is 0.0364. The fourth-order valence-corrected chi connectivity index (χ4v) is 6.81. The van der Waals surface area contributed by atoms with E-state index in [1.54, 1.807) is 102 Å². The summed E-state index contributed by atoms with van der Waals surface area (Å²) in [4.78, 5) is 120.